The second kappa shape index (κ2) is 5.70. The molecule has 1 heterocycles. The Labute approximate surface area is 128 Å². The lowest BCUT2D eigenvalue weighted by atomic mass is 10.2. The number of benzene rings is 2. The molecule has 0 radical (unpaired) electrons. The van der Waals surface area contributed by atoms with E-state index in [1.165, 1.54) is 0 Å². The first kappa shape index (κ1) is 13.8. The molecule has 4 heteroatoms. The molecule has 0 saturated carbocycles. The first-order valence-electron chi connectivity index (χ1n) is 6.87. The van der Waals surface area contributed by atoms with E-state index in [-0.39, 0.29) is 5.75 Å². The van der Waals surface area contributed by atoms with Gasteiger partial charge in [0.25, 0.3) is 0 Å². The van der Waals surface area contributed by atoms with Crippen LogP contribution in [0, 0.1) is 0 Å². The van der Waals surface area contributed by atoms with Crippen molar-refractivity contribution in [2.45, 2.75) is 20.1 Å². The van der Waals surface area contributed by atoms with Crippen LogP contribution in [0.1, 0.15) is 12.6 Å². The number of halogens is 1. The highest BCUT2D eigenvalue weighted by atomic mass is 35.5. The predicted molar refractivity (Wildman–Crippen MR) is 85.1 cm³/mol. The molecule has 0 amide bonds. The summed E-state index contributed by atoms with van der Waals surface area (Å²) in [7, 11) is 0. The summed E-state index contributed by atoms with van der Waals surface area (Å²) in [5, 5.41) is 11.2. The molecule has 2 aromatic carbocycles. The number of phenols is 1. The van der Waals surface area contributed by atoms with Crippen LogP contribution in [0.2, 0.25) is 5.02 Å². The van der Waals surface area contributed by atoms with Crippen molar-refractivity contribution in [1.29, 1.82) is 0 Å². The van der Waals surface area contributed by atoms with Gasteiger partial charge >= 0.3 is 0 Å². The van der Waals surface area contributed by atoms with Crippen molar-refractivity contribution in [2.75, 3.05) is 0 Å². The molecule has 0 spiro atoms. The second-order valence-corrected chi connectivity index (χ2v) is 5.25. The molecule has 3 nitrogen and oxygen atoms in total. The molecule has 0 aliphatic rings. The number of aromatic hydroxyl groups is 1. The van der Waals surface area contributed by atoms with E-state index in [0.717, 1.165) is 28.2 Å². The number of nitrogens with zero attached hydrogens (tertiary/aromatic N) is 1. The molecule has 3 rings (SSSR count). The molecular formula is C17H16ClNO2. The Bertz CT molecular complexity index is 780. The zero-order valence-electron chi connectivity index (χ0n) is 11.7. The van der Waals surface area contributed by atoms with Crippen LogP contribution in [-0.2, 0) is 13.2 Å². The average Bonchev–Trinajstić information content (AvgIpc) is 2.84. The smallest absolute Gasteiger partial charge is 0.128 e. The van der Waals surface area contributed by atoms with Crippen LogP contribution in [-0.4, -0.2) is 9.67 Å². The fourth-order valence-electron chi connectivity index (χ4n) is 2.53. The van der Waals surface area contributed by atoms with Crippen LogP contribution < -0.4 is 4.74 Å². The molecule has 0 atom stereocenters. The summed E-state index contributed by atoms with van der Waals surface area (Å²) < 4.78 is 7.95. The number of fused-ring (bicyclic) bond motifs is 1. The molecule has 0 unspecified atom stereocenters. The number of ether oxygens (including phenoxy) is 1. The maximum Gasteiger partial charge on any atom is 0.128 e. The van der Waals surface area contributed by atoms with Gasteiger partial charge in [-0.05, 0) is 37.3 Å². The summed E-state index contributed by atoms with van der Waals surface area (Å²) in [4.78, 5) is 0. The first-order chi connectivity index (χ1) is 10.2. The topological polar surface area (TPSA) is 34.4 Å². The number of hydrogen-bond acceptors (Lipinski definition) is 2. The largest absolute Gasteiger partial charge is 0.508 e. The summed E-state index contributed by atoms with van der Waals surface area (Å²) in [5.74, 6) is 0.848. The lowest BCUT2D eigenvalue weighted by molar-refractivity contribution is 0.294. The molecule has 3 aromatic rings. The van der Waals surface area contributed by atoms with E-state index in [1.807, 2.05) is 18.2 Å². The molecule has 108 valence electrons. The average molecular weight is 302 g/mol. The third-order valence-corrected chi connectivity index (χ3v) is 3.83. The van der Waals surface area contributed by atoms with Crippen molar-refractivity contribution in [3.05, 3.63) is 59.2 Å². The lowest BCUT2D eigenvalue weighted by Crippen LogP contribution is -2.04. The fraction of sp³-hybridized carbons (Fsp3) is 0.176. The third kappa shape index (κ3) is 2.69. The normalized spacial score (nSPS) is 11.0. The zero-order valence-corrected chi connectivity index (χ0v) is 12.5. The third-order valence-electron chi connectivity index (χ3n) is 3.50. The van der Waals surface area contributed by atoms with Crippen molar-refractivity contribution >= 4 is 22.5 Å². The Morgan fingerprint density at radius 1 is 1.14 bits per heavy atom. The van der Waals surface area contributed by atoms with Crippen LogP contribution in [0.4, 0.5) is 0 Å². The first-order valence-corrected chi connectivity index (χ1v) is 7.25. The van der Waals surface area contributed by atoms with Crippen LogP contribution in [0.25, 0.3) is 10.9 Å². The van der Waals surface area contributed by atoms with Gasteiger partial charge in [0.15, 0.2) is 0 Å². The van der Waals surface area contributed by atoms with Crippen LogP contribution >= 0.6 is 11.6 Å². The zero-order chi connectivity index (χ0) is 14.8. The molecule has 1 aromatic heterocycles. The standard InChI is InChI=1S/C17H16ClNO2/c1-2-19-12(9-15-16(18)7-4-8-17(15)19)11-21-14-6-3-5-13(20)10-14/h3-10,20H,2,11H2,1H3. The summed E-state index contributed by atoms with van der Waals surface area (Å²) in [6, 6.07) is 14.8. The molecule has 0 saturated heterocycles. The monoisotopic (exact) mass is 301 g/mol. The maximum atomic E-state index is 9.46. The van der Waals surface area contributed by atoms with Gasteiger partial charge in [-0.1, -0.05) is 23.7 Å². The Balaban J connectivity index is 1.91. The van der Waals surface area contributed by atoms with Crippen LogP contribution in [0.15, 0.2) is 48.5 Å². The highest BCUT2D eigenvalue weighted by Crippen LogP contribution is 2.28. The van der Waals surface area contributed by atoms with Crippen molar-refractivity contribution in [3.8, 4) is 11.5 Å². The van der Waals surface area contributed by atoms with E-state index in [4.69, 9.17) is 16.3 Å². The predicted octanol–water partition coefficient (Wildman–Crippen LogP) is 4.60. The van der Waals surface area contributed by atoms with Gasteiger partial charge in [0.05, 0.1) is 5.69 Å². The number of aromatic nitrogens is 1. The van der Waals surface area contributed by atoms with Crippen molar-refractivity contribution in [1.82, 2.24) is 4.57 Å². The number of hydrogen-bond donors (Lipinski definition) is 1. The summed E-state index contributed by atoms with van der Waals surface area (Å²) in [6.45, 7) is 3.38. The molecule has 0 bridgehead atoms. The quantitative estimate of drug-likeness (QED) is 0.764. The Morgan fingerprint density at radius 2 is 1.95 bits per heavy atom. The summed E-state index contributed by atoms with van der Waals surface area (Å²) in [5.41, 5.74) is 2.17. The Morgan fingerprint density at radius 3 is 2.71 bits per heavy atom. The molecular weight excluding hydrogens is 286 g/mol. The lowest BCUT2D eigenvalue weighted by Gasteiger charge is -2.10. The SMILES string of the molecule is CCn1c(COc2cccc(O)c2)cc2c(Cl)cccc21. The highest BCUT2D eigenvalue weighted by Gasteiger charge is 2.10. The van der Waals surface area contributed by atoms with Crippen LogP contribution in [0.5, 0.6) is 11.5 Å². The highest BCUT2D eigenvalue weighted by molar-refractivity contribution is 6.35. The van der Waals surface area contributed by atoms with Gasteiger partial charge in [0.2, 0.25) is 0 Å². The van der Waals surface area contributed by atoms with Crippen molar-refractivity contribution < 1.29 is 9.84 Å². The van der Waals surface area contributed by atoms with Gasteiger partial charge in [-0.25, -0.2) is 0 Å². The second-order valence-electron chi connectivity index (χ2n) is 4.84. The molecule has 0 aliphatic carbocycles. The maximum absolute atomic E-state index is 9.46. The summed E-state index contributed by atoms with van der Waals surface area (Å²) >= 11 is 6.25. The molecule has 21 heavy (non-hydrogen) atoms. The Kier molecular flexibility index (Phi) is 3.76. The number of aryl methyl sites for hydroxylation is 1. The minimum absolute atomic E-state index is 0.201. The van der Waals surface area contributed by atoms with Gasteiger partial charge in [-0.2, -0.15) is 0 Å². The van der Waals surface area contributed by atoms with Gasteiger partial charge < -0.3 is 14.4 Å². The van der Waals surface area contributed by atoms with Gasteiger partial charge in [0, 0.05) is 28.5 Å². The minimum atomic E-state index is 0.201. The fourth-order valence-corrected chi connectivity index (χ4v) is 2.75. The number of rotatable bonds is 4. The van der Waals surface area contributed by atoms with Crippen molar-refractivity contribution in [2.24, 2.45) is 0 Å². The van der Waals surface area contributed by atoms with Gasteiger partial charge in [-0.15, -0.1) is 0 Å². The molecule has 0 fully saturated rings. The van der Waals surface area contributed by atoms with E-state index >= 15 is 0 Å². The molecule has 1 N–H and O–H groups in total. The van der Waals surface area contributed by atoms with Gasteiger partial charge in [-0.3, -0.25) is 0 Å². The van der Waals surface area contributed by atoms with E-state index in [0.29, 0.717) is 12.4 Å². The summed E-state index contributed by atoms with van der Waals surface area (Å²) in [6.07, 6.45) is 0. The van der Waals surface area contributed by atoms with E-state index in [9.17, 15) is 5.11 Å². The Hall–Kier alpha value is -2.13. The van der Waals surface area contributed by atoms with Crippen molar-refractivity contribution in [3.63, 3.8) is 0 Å². The van der Waals surface area contributed by atoms with E-state index < -0.39 is 0 Å². The minimum Gasteiger partial charge on any atom is -0.508 e. The van der Waals surface area contributed by atoms with E-state index in [2.05, 4.69) is 23.6 Å². The van der Waals surface area contributed by atoms with Gasteiger partial charge in [0.1, 0.15) is 18.1 Å². The van der Waals surface area contributed by atoms with Crippen LogP contribution in [0.3, 0.4) is 0 Å². The number of phenolic OH excluding ortho intramolecular Hbond substituents is 1. The molecule has 0 aliphatic heterocycles. The van der Waals surface area contributed by atoms with E-state index in [1.54, 1.807) is 18.2 Å².